The van der Waals surface area contributed by atoms with Crippen LogP contribution in [0.2, 0.25) is 0 Å². The number of carbonyl (C=O) groups excluding carboxylic acids is 2. The molecule has 7 nitrogen and oxygen atoms in total. The predicted molar refractivity (Wildman–Crippen MR) is 113 cm³/mol. The summed E-state index contributed by atoms with van der Waals surface area (Å²) in [6, 6.07) is 8.28. The second-order valence-corrected chi connectivity index (χ2v) is 9.15. The maximum Gasteiger partial charge on any atom is 0.233 e. The van der Waals surface area contributed by atoms with Crippen LogP contribution in [0.5, 0.6) is 0 Å². The molecule has 1 aliphatic rings. The molecule has 1 aromatic heterocycles. The highest BCUT2D eigenvalue weighted by atomic mass is 32.2. The molecule has 0 saturated carbocycles. The molecule has 2 aromatic rings. The molecule has 0 bridgehead atoms. The van der Waals surface area contributed by atoms with Crippen LogP contribution in [0.1, 0.15) is 32.3 Å². The molecule has 1 saturated heterocycles. The topological polar surface area (TPSA) is 78.4 Å². The number of thioether (sulfide) groups is 1. The molecule has 9 heteroatoms. The highest BCUT2D eigenvalue weighted by Crippen LogP contribution is 2.28. The molecule has 1 aliphatic heterocycles. The lowest BCUT2D eigenvalue weighted by atomic mass is 10.0. The maximum absolute atomic E-state index is 12.4. The van der Waals surface area contributed by atoms with Gasteiger partial charge in [-0.1, -0.05) is 49.1 Å². The van der Waals surface area contributed by atoms with Crippen molar-refractivity contribution in [2.24, 2.45) is 0 Å². The van der Waals surface area contributed by atoms with Crippen molar-refractivity contribution in [1.29, 1.82) is 0 Å². The Balaban J connectivity index is 1.47. The highest BCUT2D eigenvalue weighted by Gasteiger charge is 2.22. The Labute approximate surface area is 173 Å². The molecule has 0 atom stereocenters. The SMILES string of the molecule is CC(=O)N1CCN(C(=O)CSc2nnc(Nc3ccc(C(C)C)cc3)s2)CC1. The Morgan fingerprint density at radius 1 is 1.11 bits per heavy atom. The summed E-state index contributed by atoms with van der Waals surface area (Å²) in [7, 11) is 0. The van der Waals surface area contributed by atoms with Crippen molar-refractivity contribution in [3.8, 4) is 0 Å². The molecule has 0 unspecified atom stereocenters. The molecule has 2 heterocycles. The van der Waals surface area contributed by atoms with Crippen molar-refractivity contribution in [3.05, 3.63) is 29.8 Å². The van der Waals surface area contributed by atoms with Gasteiger partial charge in [-0.05, 0) is 23.6 Å². The van der Waals surface area contributed by atoms with E-state index in [4.69, 9.17) is 0 Å². The van der Waals surface area contributed by atoms with E-state index in [-0.39, 0.29) is 11.8 Å². The fourth-order valence-electron chi connectivity index (χ4n) is 2.88. The molecule has 150 valence electrons. The summed E-state index contributed by atoms with van der Waals surface area (Å²) in [4.78, 5) is 27.3. The first kappa shape index (κ1) is 20.6. The van der Waals surface area contributed by atoms with E-state index in [2.05, 4.69) is 41.5 Å². The van der Waals surface area contributed by atoms with Crippen LogP contribution in [0.25, 0.3) is 0 Å². The van der Waals surface area contributed by atoms with Gasteiger partial charge in [0, 0.05) is 38.8 Å². The molecular formula is C19H25N5O2S2. The lowest BCUT2D eigenvalue weighted by Crippen LogP contribution is -2.50. The first-order valence-electron chi connectivity index (χ1n) is 9.29. The van der Waals surface area contributed by atoms with Crippen molar-refractivity contribution in [2.45, 2.75) is 31.0 Å². The van der Waals surface area contributed by atoms with Crippen molar-refractivity contribution in [3.63, 3.8) is 0 Å². The van der Waals surface area contributed by atoms with Gasteiger partial charge < -0.3 is 15.1 Å². The zero-order chi connectivity index (χ0) is 20.1. The van der Waals surface area contributed by atoms with Gasteiger partial charge in [0.15, 0.2) is 4.34 Å². The van der Waals surface area contributed by atoms with Gasteiger partial charge >= 0.3 is 0 Å². The summed E-state index contributed by atoms with van der Waals surface area (Å²) in [5, 5.41) is 12.3. The summed E-state index contributed by atoms with van der Waals surface area (Å²) in [5.41, 5.74) is 2.26. The average molecular weight is 420 g/mol. The van der Waals surface area contributed by atoms with E-state index in [1.807, 2.05) is 17.0 Å². The Morgan fingerprint density at radius 2 is 1.75 bits per heavy atom. The molecule has 0 spiro atoms. The molecule has 3 rings (SSSR count). The zero-order valence-electron chi connectivity index (χ0n) is 16.3. The van der Waals surface area contributed by atoms with Crippen molar-refractivity contribution < 1.29 is 9.59 Å². The molecular weight excluding hydrogens is 394 g/mol. The minimum Gasteiger partial charge on any atom is -0.339 e. The number of anilines is 2. The summed E-state index contributed by atoms with van der Waals surface area (Å²) >= 11 is 2.84. The normalized spacial score (nSPS) is 14.4. The summed E-state index contributed by atoms with van der Waals surface area (Å²) in [6.07, 6.45) is 0. The molecule has 2 amide bonds. The van der Waals surface area contributed by atoms with E-state index >= 15 is 0 Å². The third-order valence-corrected chi connectivity index (χ3v) is 6.59. The van der Waals surface area contributed by atoms with E-state index in [0.717, 1.165) is 10.0 Å². The minimum atomic E-state index is 0.0641. The van der Waals surface area contributed by atoms with Crippen molar-refractivity contribution >= 4 is 45.7 Å². The fraction of sp³-hybridized carbons (Fsp3) is 0.474. The Hall–Kier alpha value is -2.13. The van der Waals surface area contributed by atoms with Crippen LogP contribution in [0.4, 0.5) is 10.8 Å². The number of nitrogens with zero attached hydrogens (tertiary/aromatic N) is 4. The van der Waals surface area contributed by atoms with Crippen molar-refractivity contribution in [2.75, 3.05) is 37.2 Å². The fourth-order valence-corrected chi connectivity index (χ4v) is 4.55. The van der Waals surface area contributed by atoms with Gasteiger partial charge in [-0.2, -0.15) is 0 Å². The molecule has 28 heavy (non-hydrogen) atoms. The lowest BCUT2D eigenvalue weighted by molar-refractivity contribution is -0.136. The van der Waals surface area contributed by atoms with Crippen LogP contribution in [-0.2, 0) is 9.59 Å². The van der Waals surface area contributed by atoms with Gasteiger partial charge in [0.1, 0.15) is 0 Å². The molecule has 1 fully saturated rings. The second kappa shape index (κ2) is 9.38. The predicted octanol–water partition coefficient (Wildman–Crippen LogP) is 3.19. The quantitative estimate of drug-likeness (QED) is 0.725. The van der Waals surface area contributed by atoms with Gasteiger partial charge in [0.25, 0.3) is 0 Å². The van der Waals surface area contributed by atoms with Gasteiger partial charge in [-0.15, -0.1) is 10.2 Å². The van der Waals surface area contributed by atoms with Crippen LogP contribution < -0.4 is 5.32 Å². The van der Waals surface area contributed by atoms with Crippen LogP contribution in [0.15, 0.2) is 28.6 Å². The molecule has 1 N–H and O–H groups in total. The number of hydrogen-bond acceptors (Lipinski definition) is 7. The van der Waals surface area contributed by atoms with Crippen LogP contribution >= 0.6 is 23.1 Å². The van der Waals surface area contributed by atoms with Gasteiger partial charge in [-0.3, -0.25) is 9.59 Å². The second-order valence-electron chi connectivity index (χ2n) is 6.95. The number of rotatable bonds is 6. The van der Waals surface area contributed by atoms with E-state index < -0.39 is 0 Å². The number of nitrogens with one attached hydrogen (secondary N) is 1. The van der Waals surface area contributed by atoms with Gasteiger partial charge in [0.2, 0.25) is 16.9 Å². The number of amides is 2. The minimum absolute atomic E-state index is 0.0641. The maximum atomic E-state index is 12.4. The molecule has 1 aromatic carbocycles. The van der Waals surface area contributed by atoms with E-state index in [9.17, 15) is 9.59 Å². The number of hydrogen-bond donors (Lipinski definition) is 1. The molecule has 0 aliphatic carbocycles. The standard InChI is InChI=1S/C19H25N5O2S2/c1-13(2)15-4-6-16(7-5-15)20-18-21-22-19(28-18)27-12-17(26)24-10-8-23(9-11-24)14(3)25/h4-7,13H,8-12H2,1-3H3,(H,20,21). The Bertz CT molecular complexity index is 814. The average Bonchev–Trinajstić information content (AvgIpc) is 3.14. The molecule has 0 radical (unpaired) electrons. The summed E-state index contributed by atoms with van der Waals surface area (Å²) in [5.74, 6) is 0.968. The first-order valence-corrected chi connectivity index (χ1v) is 11.1. The summed E-state index contributed by atoms with van der Waals surface area (Å²) < 4.78 is 0.761. The van der Waals surface area contributed by atoms with E-state index in [0.29, 0.717) is 43.0 Å². The van der Waals surface area contributed by atoms with Crippen LogP contribution in [0.3, 0.4) is 0 Å². The Morgan fingerprint density at radius 3 is 2.36 bits per heavy atom. The lowest BCUT2D eigenvalue weighted by Gasteiger charge is -2.34. The summed E-state index contributed by atoms with van der Waals surface area (Å²) in [6.45, 7) is 8.29. The zero-order valence-corrected chi connectivity index (χ0v) is 18.0. The van der Waals surface area contributed by atoms with Crippen LogP contribution in [0, 0.1) is 0 Å². The van der Waals surface area contributed by atoms with Crippen molar-refractivity contribution in [1.82, 2.24) is 20.0 Å². The number of piperazine rings is 1. The first-order chi connectivity index (χ1) is 13.4. The smallest absolute Gasteiger partial charge is 0.233 e. The number of benzene rings is 1. The number of aromatic nitrogens is 2. The van der Waals surface area contributed by atoms with E-state index in [1.165, 1.54) is 28.7 Å². The van der Waals surface area contributed by atoms with Gasteiger partial charge in [-0.25, -0.2) is 0 Å². The monoisotopic (exact) mass is 419 g/mol. The van der Waals surface area contributed by atoms with E-state index in [1.54, 1.807) is 11.8 Å². The van der Waals surface area contributed by atoms with Crippen LogP contribution in [-0.4, -0.2) is 63.7 Å². The highest BCUT2D eigenvalue weighted by molar-refractivity contribution is 8.01. The Kier molecular flexibility index (Phi) is 6.90. The third-order valence-electron chi connectivity index (χ3n) is 4.63. The van der Waals surface area contributed by atoms with Gasteiger partial charge in [0.05, 0.1) is 5.75 Å². The largest absolute Gasteiger partial charge is 0.339 e. The number of carbonyl (C=O) groups is 2. The third kappa shape index (κ3) is 5.45.